The third-order valence-electron chi connectivity index (χ3n) is 15.1. The van der Waals surface area contributed by atoms with Crippen molar-refractivity contribution < 1.29 is 0 Å². The van der Waals surface area contributed by atoms with E-state index in [1.807, 2.05) is 12.1 Å². The highest BCUT2D eigenvalue weighted by atomic mass is 15.1. The fourth-order valence-electron chi connectivity index (χ4n) is 11.4. The molecule has 0 spiro atoms. The van der Waals surface area contributed by atoms with E-state index in [2.05, 4.69) is 251 Å². The topological polar surface area (TPSA) is 74.3 Å². The van der Waals surface area contributed by atoms with E-state index in [0.29, 0.717) is 23.3 Å². The monoisotopic (exact) mass is 1010 g/mol. The van der Waals surface area contributed by atoms with Gasteiger partial charge in [-0.1, -0.05) is 179 Å². The molecule has 0 aliphatic carbocycles. The molecule has 9 aromatic carbocycles. The number of rotatable bonds is 11. The molecule has 13 rings (SSSR count). The summed E-state index contributed by atoms with van der Waals surface area (Å²) < 4.78 is 4.85. The van der Waals surface area contributed by atoms with Gasteiger partial charge in [0.1, 0.15) is 0 Å². The van der Waals surface area contributed by atoms with Gasteiger partial charge in [0, 0.05) is 60.6 Å². The van der Waals surface area contributed by atoms with Gasteiger partial charge in [-0.25, -0.2) is 24.9 Å². The summed E-state index contributed by atoms with van der Waals surface area (Å²) in [5, 5.41) is 4.71. The summed E-state index contributed by atoms with van der Waals surface area (Å²) >= 11 is 0. The zero-order valence-electron chi connectivity index (χ0n) is 45.0. The maximum absolute atomic E-state index is 5.61. The first kappa shape index (κ1) is 48.3. The number of unbranched alkanes of at least 4 members (excludes halogenated alkanes) is 1. The van der Waals surface area contributed by atoms with Gasteiger partial charge in [0.2, 0.25) is 0 Å². The summed E-state index contributed by atoms with van der Waals surface area (Å²) in [6.45, 7) is 13.4. The minimum absolute atomic E-state index is 0.104. The van der Waals surface area contributed by atoms with E-state index in [1.54, 1.807) is 0 Å². The summed E-state index contributed by atoms with van der Waals surface area (Å²) in [6, 6.07) is 75.8. The molecule has 0 saturated heterocycles. The molecule has 378 valence electrons. The van der Waals surface area contributed by atoms with Crippen molar-refractivity contribution in [2.75, 3.05) is 0 Å². The van der Waals surface area contributed by atoms with Crippen LogP contribution in [-0.4, -0.2) is 34.1 Å². The fraction of sp³-hybridized carbons (Fsp3) is 0.141. The Kier molecular flexibility index (Phi) is 12.2. The minimum atomic E-state index is -0.104. The van der Waals surface area contributed by atoms with Crippen LogP contribution in [0.2, 0.25) is 0 Å². The van der Waals surface area contributed by atoms with E-state index in [-0.39, 0.29) is 5.41 Å². The predicted octanol–water partition coefficient (Wildman–Crippen LogP) is 18.1. The molecule has 78 heavy (non-hydrogen) atoms. The Hall–Kier alpha value is -9.33. The first-order chi connectivity index (χ1) is 38.1. The Bertz CT molecular complexity index is 4350. The van der Waals surface area contributed by atoms with Crippen LogP contribution in [-0.2, 0) is 11.8 Å². The molecule has 0 bridgehead atoms. The Morgan fingerprint density at radius 3 is 1.63 bits per heavy atom. The van der Waals surface area contributed by atoms with E-state index < -0.39 is 0 Å². The number of aryl methyl sites for hydroxylation is 3. The van der Waals surface area contributed by atoms with Gasteiger partial charge >= 0.3 is 0 Å². The normalized spacial score (nSPS) is 11.9. The molecule has 0 saturated carbocycles. The van der Waals surface area contributed by atoms with Gasteiger partial charge < -0.3 is 9.13 Å². The first-order valence-corrected chi connectivity index (χ1v) is 27.2. The number of nitrogens with zero attached hydrogens (tertiary/aromatic N) is 7. The predicted molar refractivity (Wildman–Crippen MR) is 323 cm³/mol. The van der Waals surface area contributed by atoms with E-state index in [4.69, 9.17) is 24.9 Å². The standard InChI is InChI=1S/C71H59N7/c1-7-8-22-47-37-45(2)38-51(41-47)68-74-69(52-39-46(3)40-53(42-52)71(4,5)6)76-70(75-68)58-43-50(67-72-59(48-23-12-9-13-24-48)44-60(73-67)49-25-14-10-15-26-49)33-35-63(58)78-62-32-21-19-30-57(62)65-64(78)36-34-56-55-29-18-20-31-61(55)77(66(56)65)54-27-16-11-17-28-54/h9-21,23-44H,7-8,22H2,1-6H3. The van der Waals surface area contributed by atoms with Crippen molar-refractivity contribution in [2.24, 2.45) is 0 Å². The number of hydrogen-bond donors (Lipinski definition) is 0. The molecule has 0 fully saturated rings. The second-order valence-electron chi connectivity index (χ2n) is 21.8. The fourth-order valence-corrected chi connectivity index (χ4v) is 11.4. The molecule has 7 heteroatoms. The van der Waals surface area contributed by atoms with Crippen molar-refractivity contribution in [3.8, 4) is 79.4 Å². The van der Waals surface area contributed by atoms with Crippen LogP contribution in [0.4, 0.5) is 0 Å². The molecular weight excluding hydrogens is 951 g/mol. The summed E-state index contributed by atoms with van der Waals surface area (Å²) in [4.78, 5) is 27.4. The highest BCUT2D eigenvalue weighted by Crippen LogP contribution is 2.44. The second kappa shape index (κ2) is 19.7. The summed E-state index contributed by atoms with van der Waals surface area (Å²) in [5.41, 5.74) is 18.4. The van der Waals surface area contributed by atoms with Crippen LogP contribution < -0.4 is 0 Å². The van der Waals surface area contributed by atoms with Gasteiger partial charge in [0.15, 0.2) is 23.3 Å². The van der Waals surface area contributed by atoms with Crippen molar-refractivity contribution >= 4 is 43.6 Å². The zero-order valence-corrected chi connectivity index (χ0v) is 45.0. The first-order valence-electron chi connectivity index (χ1n) is 27.2. The van der Waals surface area contributed by atoms with Crippen molar-refractivity contribution in [3.05, 3.63) is 235 Å². The molecular formula is C71H59N7. The molecule has 13 aromatic rings. The second-order valence-corrected chi connectivity index (χ2v) is 21.8. The van der Waals surface area contributed by atoms with Crippen LogP contribution >= 0.6 is 0 Å². The molecule has 7 nitrogen and oxygen atoms in total. The lowest BCUT2D eigenvalue weighted by molar-refractivity contribution is 0.590. The van der Waals surface area contributed by atoms with Crippen molar-refractivity contribution in [3.63, 3.8) is 0 Å². The summed E-state index contributed by atoms with van der Waals surface area (Å²) in [7, 11) is 0. The van der Waals surface area contributed by atoms with Gasteiger partial charge in [-0.2, -0.15) is 0 Å². The number of fused-ring (bicyclic) bond motifs is 7. The lowest BCUT2D eigenvalue weighted by atomic mass is 9.85. The molecule has 0 radical (unpaired) electrons. The molecule has 4 aromatic heterocycles. The maximum Gasteiger partial charge on any atom is 0.166 e. The van der Waals surface area contributed by atoms with Crippen LogP contribution in [0.25, 0.3) is 123 Å². The van der Waals surface area contributed by atoms with Crippen molar-refractivity contribution in [1.29, 1.82) is 0 Å². The van der Waals surface area contributed by atoms with Crippen LogP contribution in [0, 0.1) is 13.8 Å². The van der Waals surface area contributed by atoms with Crippen LogP contribution in [0.15, 0.2) is 212 Å². The minimum Gasteiger partial charge on any atom is -0.309 e. The van der Waals surface area contributed by atoms with Gasteiger partial charge in [-0.15, -0.1) is 0 Å². The van der Waals surface area contributed by atoms with E-state index in [1.165, 1.54) is 27.5 Å². The molecule has 0 aliphatic rings. The third-order valence-corrected chi connectivity index (χ3v) is 15.1. The molecule has 0 amide bonds. The molecule has 0 unspecified atom stereocenters. The highest BCUT2D eigenvalue weighted by molar-refractivity contribution is 6.26. The number of para-hydroxylation sites is 3. The van der Waals surface area contributed by atoms with Crippen molar-refractivity contribution in [2.45, 2.75) is 66.2 Å². The maximum atomic E-state index is 5.61. The van der Waals surface area contributed by atoms with Crippen molar-refractivity contribution in [1.82, 2.24) is 34.1 Å². The Morgan fingerprint density at radius 1 is 0.410 bits per heavy atom. The Labute approximate surface area is 455 Å². The Balaban J connectivity index is 1.14. The van der Waals surface area contributed by atoms with E-state index in [0.717, 1.165) is 114 Å². The smallest absolute Gasteiger partial charge is 0.166 e. The largest absolute Gasteiger partial charge is 0.309 e. The van der Waals surface area contributed by atoms with Gasteiger partial charge in [-0.3, -0.25) is 0 Å². The van der Waals surface area contributed by atoms with Gasteiger partial charge in [0.05, 0.1) is 39.1 Å². The lowest BCUT2D eigenvalue weighted by Gasteiger charge is -2.21. The lowest BCUT2D eigenvalue weighted by Crippen LogP contribution is -2.11. The summed E-state index contributed by atoms with van der Waals surface area (Å²) in [6.07, 6.45) is 3.19. The molecule has 4 heterocycles. The van der Waals surface area contributed by atoms with Crippen LogP contribution in [0.3, 0.4) is 0 Å². The average molecular weight is 1010 g/mol. The summed E-state index contributed by atoms with van der Waals surface area (Å²) in [5.74, 6) is 2.38. The Morgan fingerprint density at radius 2 is 0.974 bits per heavy atom. The van der Waals surface area contributed by atoms with Gasteiger partial charge in [-0.05, 0) is 122 Å². The average Bonchev–Trinajstić information content (AvgIpc) is 4.09. The quantitative estimate of drug-likeness (QED) is 0.129. The number of hydrogen-bond acceptors (Lipinski definition) is 5. The SMILES string of the molecule is CCCCc1cc(C)cc(-c2nc(-c3cc(C)cc(C(C)(C)C)c3)nc(-c3cc(-c4nc(-c5ccccc5)cc(-c5ccccc5)n4)ccc3-n3c4ccccc4c4c3ccc3c5ccccc5n(-c5ccccc5)c34)n2)c1. The van der Waals surface area contributed by atoms with Gasteiger partial charge in [0.25, 0.3) is 0 Å². The molecule has 0 N–H and O–H groups in total. The van der Waals surface area contributed by atoms with E-state index in [9.17, 15) is 0 Å². The number of benzene rings is 9. The van der Waals surface area contributed by atoms with Crippen LogP contribution in [0.5, 0.6) is 0 Å². The molecule has 0 atom stereocenters. The third kappa shape index (κ3) is 8.81. The number of aromatic nitrogens is 7. The zero-order chi connectivity index (χ0) is 53.1. The highest BCUT2D eigenvalue weighted by Gasteiger charge is 2.25. The molecule has 0 aliphatic heterocycles. The van der Waals surface area contributed by atoms with Crippen LogP contribution in [0.1, 0.15) is 62.8 Å². The van der Waals surface area contributed by atoms with E-state index >= 15 is 0 Å².